The first-order valence-electron chi connectivity index (χ1n) is 6.34. The van der Waals surface area contributed by atoms with Gasteiger partial charge in [0.1, 0.15) is 5.69 Å². The van der Waals surface area contributed by atoms with Gasteiger partial charge >= 0.3 is 0 Å². The number of anilines is 1. The van der Waals surface area contributed by atoms with Gasteiger partial charge in [-0.15, -0.1) is 0 Å². The number of hydrogen-bond acceptors (Lipinski definition) is 4. The molecule has 2 unspecified atom stereocenters. The molecule has 1 amide bonds. The van der Waals surface area contributed by atoms with Crippen molar-refractivity contribution < 1.29 is 9.53 Å². The maximum absolute atomic E-state index is 12.1. The molecule has 0 aliphatic carbocycles. The molecule has 5 heteroatoms. The van der Waals surface area contributed by atoms with Crippen molar-refractivity contribution in [3.05, 3.63) is 18.3 Å². The van der Waals surface area contributed by atoms with Gasteiger partial charge in [-0.2, -0.15) is 0 Å². The highest BCUT2D eigenvalue weighted by molar-refractivity contribution is 5.94. The lowest BCUT2D eigenvalue weighted by Gasteiger charge is -2.16. The summed E-state index contributed by atoms with van der Waals surface area (Å²) in [5, 5.41) is 6.17. The van der Waals surface area contributed by atoms with Crippen molar-refractivity contribution in [2.24, 2.45) is 5.92 Å². The molecule has 2 rings (SSSR count). The van der Waals surface area contributed by atoms with E-state index in [4.69, 9.17) is 4.74 Å². The van der Waals surface area contributed by atoms with Gasteiger partial charge in [0.05, 0.1) is 12.5 Å². The van der Waals surface area contributed by atoms with E-state index in [1.54, 1.807) is 12.3 Å². The van der Waals surface area contributed by atoms with Crippen LogP contribution in [0, 0.1) is 5.92 Å². The molecule has 2 heterocycles. The first-order valence-corrected chi connectivity index (χ1v) is 6.34. The number of nitrogens with one attached hydrogen (secondary N) is 2. The van der Waals surface area contributed by atoms with Gasteiger partial charge in [-0.05, 0) is 38.9 Å². The lowest BCUT2D eigenvalue weighted by atomic mass is 10.0. The van der Waals surface area contributed by atoms with Crippen molar-refractivity contribution in [3.63, 3.8) is 0 Å². The Kier molecular flexibility index (Phi) is 4.15. The predicted octanol–water partition coefficient (Wildman–Crippen LogP) is 1.42. The number of carbonyl (C=O) groups excluding carboxylic acids is 1. The largest absolute Gasteiger partial charge is 0.476 e. The molecule has 1 aliphatic rings. The minimum Gasteiger partial charge on any atom is -0.476 e. The molecule has 0 saturated carbocycles. The van der Waals surface area contributed by atoms with Crippen molar-refractivity contribution in [1.82, 2.24) is 10.3 Å². The molecule has 18 heavy (non-hydrogen) atoms. The maximum Gasteiger partial charge on any atom is 0.237 e. The van der Waals surface area contributed by atoms with Crippen molar-refractivity contribution in [2.45, 2.75) is 26.3 Å². The number of aromatic nitrogens is 1. The van der Waals surface area contributed by atoms with E-state index in [1.807, 2.05) is 19.9 Å². The SMILES string of the molecule is CCOc1ncccc1NC(=O)C1CCNC1C. The fourth-order valence-electron chi connectivity index (χ4n) is 2.18. The van der Waals surface area contributed by atoms with Gasteiger partial charge in [-0.1, -0.05) is 0 Å². The van der Waals surface area contributed by atoms with Crippen LogP contribution in [0.5, 0.6) is 5.88 Å². The lowest BCUT2D eigenvalue weighted by molar-refractivity contribution is -0.120. The Morgan fingerprint density at radius 2 is 2.50 bits per heavy atom. The van der Waals surface area contributed by atoms with Gasteiger partial charge in [-0.3, -0.25) is 4.79 Å². The summed E-state index contributed by atoms with van der Waals surface area (Å²) in [5.41, 5.74) is 0.642. The summed E-state index contributed by atoms with van der Waals surface area (Å²) in [7, 11) is 0. The van der Waals surface area contributed by atoms with Crippen LogP contribution in [0.15, 0.2) is 18.3 Å². The molecule has 1 saturated heterocycles. The zero-order valence-corrected chi connectivity index (χ0v) is 10.8. The van der Waals surface area contributed by atoms with E-state index >= 15 is 0 Å². The Labute approximate surface area is 107 Å². The molecule has 1 fully saturated rings. The van der Waals surface area contributed by atoms with Crippen LogP contribution in [0.2, 0.25) is 0 Å². The predicted molar refractivity (Wildman–Crippen MR) is 69.6 cm³/mol. The van der Waals surface area contributed by atoms with Crippen LogP contribution in [0.3, 0.4) is 0 Å². The first kappa shape index (κ1) is 12.8. The van der Waals surface area contributed by atoms with E-state index in [0.29, 0.717) is 18.2 Å². The van der Waals surface area contributed by atoms with Crippen LogP contribution in [0.1, 0.15) is 20.3 Å². The summed E-state index contributed by atoms with van der Waals surface area (Å²) in [5.74, 6) is 0.521. The van der Waals surface area contributed by atoms with Gasteiger partial charge in [0, 0.05) is 12.2 Å². The van der Waals surface area contributed by atoms with E-state index in [9.17, 15) is 4.79 Å². The highest BCUT2D eigenvalue weighted by Gasteiger charge is 2.29. The molecule has 2 atom stereocenters. The highest BCUT2D eigenvalue weighted by Crippen LogP contribution is 2.23. The molecule has 5 nitrogen and oxygen atoms in total. The summed E-state index contributed by atoms with van der Waals surface area (Å²) >= 11 is 0. The molecule has 0 aromatic carbocycles. The van der Waals surface area contributed by atoms with Gasteiger partial charge in [-0.25, -0.2) is 4.98 Å². The minimum atomic E-state index is 0.0136. The van der Waals surface area contributed by atoms with Crippen LogP contribution in [-0.4, -0.2) is 30.1 Å². The van der Waals surface area contributed by atoms with Crippen molar-refractivity contribution in [2.75, 3.05) is 18.5 Å². The molecular weight excluding hydrogens is 230 g/mol. The number of amides is 1. The third-order valence-corrected chi connectivity index (χ3v) is 3.17. The molecule has 0 spiro atoms. The molecule has 98 valence electrons. The molecule has 1 aromatic heterocycles. The fourth-order valence-corrected chi connectivity index (χ4v) is 2.18. The van der Waals surface area contributed by atoms with Crippen LogP contribution in [-0.2, 0) is 4.79 Å². The van der Waals surface area contributed by atoms with Crippen molar-refractivity contribution >= 4 is 11.6 Å². The monoisotopic (exact) mass is 249 g/mol. The summed E-state index contributed by atoms with van der Waals surface area (Å²) in [4.78, 5) is 16.3. The standard InChI is InChI=1S/C13H19N3O2/c1-3-18-13-11(5-4-7-15-13)16-12(17)10-6-8-14-9(10)2/h4-5,7,9-10,14H,3,6,8H2,1-2H3,(H,16,17). The number of ether oxygens (including phenoxy) is 1. The Bertz CT molecular complexity index is 422. The van der Waals surface area contributed by atoms with Crippen LogP contribution >= 0.6 is 0 Å². The average Bonchev–Trinajstić information content (AvgIpc) is 2.78. The highest BCUT2D eigenvalue weighted by atomic mass is 16.5. The van der Waals surface area contributed by atoms with E-state index in [1.165, 1.54) is 0 Å². The van der Waals surface area contributed by atoms with Crippen LogP contribution in [0.4, 0.5) is 5.69 Å². The van der Waals surface area contributed by atoms with Gasteiger partial charge in [0.25, 0.3) is 0 Å². The third-order valence-electron chi connectivity index (χ3n) is 3.17. The molecule has 0 radical (unpaired) electrons. The minimum absolute atomic E-state index is 0.0136. The molecule has 1 aromatic rings. The van der Waals surface area contributed by atoms with E-state index in [-0.39, 0.29) is 17.9 Å². The van der Waals surface area contributed by atoms with Crippen molar-refractivity contribution in [3.8, 4) is 5.88 Å². The summed E-state index contributed by atoms with van der Waals surface area (Å²) in [6.45, 7) is 5.35. The summed E-state index contributed by atoms with van der Waals surface area (Å²) in [6.07, 6.45) is 2.53. The average molecular weight is 249 g/mol. The second-order valence-electron chi connectivity index (χ2n) is 4.42. The number of carbonyl (C=O) groups is 1. The first-order chi connectivity index (χ1) is 8.72. The van der Waals surface area contributed by atoms with Crippen LogP contribution < -0.4 is 15.4 Å². The summed E-state index contributed by atoms with van der Waals surface area (Å²) < 4.78 is 5.39. The van der Waals surface area contributed by atoms with E-state index < -0.39 is 0 Å². The Balaban J connectivity index is 2.06. The number of pyridine rings is 1. The number of rotatable bonds is 4. The number of nitrogens with zero attached hydrogens (tertiary/aromatic N) is 1. The Morgan fingerprint density at radius 3 is 3.17 bits per heavy atom. The normalized spacial score (nSPS) is 22.8. The van der Waals surface area contributed by atoms with E-state index in [0.717, 1.165) is 13.0 Å². The third kappa shape index (κ3) is 2.79. The fraction of sp³-hybridized carbons (Fsp3) is 0.538. The topological polar surface area (TPSA) is 63.2 Å². The second kappa shape index (κ2) is 5.82. The Morgan fingerprint density at radius 1 is 1.67 bits per heavy atom. The van der Waals surface area contributed by atoms with Gasteiger partial charge in [0.2, 0.25) is 11.8 Å². The number of hydrogen-bond donors (Lipinski definition) is 2. The van der Waals surface area contributed by atoms with Crippen molar-refractivity contribution in [1.29, 1.82) is 0 Å². The van der Waals surface area contributed by atoms with Gasteiger partial charge < -0.3 is 15.4 Å². The summed E-state index contributed by atoms with van der Waals surface area (Å²) in [6, 6.07) is 3.81. The Hall–Kier alpha value is -1.62. The zero-order chi connectivity index (χ0) is 13.0. The van der Waals surface area contributed by atoms with E-state index in [2.05, 4.69) is 15.6 Å². The molecular formula is C13H19N3O2. The second-order valence-corrected chi connectivity index (χ2v) is 4.42. The smallest absolute Gasteiger partial charge is 0.237 e. The maximum atomic E-state index is 12.1. The van der Waals surface area contributed by atoms with Crippen LogP contribution in [0.25, 0.3) is 0 Å². The quantitative estimate of drug-likeness (QED) is 0.847. The zero-order valence-electron chi connectivity index (χ0n) is 10.8. The molecule has 0 bridgehead atoms. The molecule has 1 aliphatic heterocycles. The van der Waals surface area contributed by atoms with Gasteiger partial charge in [0.15, 0.2) is 0 Å². The molecule has 2 N–H and O–H groups in total. The lowest BCUT2D eigenvalue weighted by Crippen LogP contribution is -2.32.